The normalized spacial score (nSPS) is 33.8. The molecule has 0 aromatic rings. The first kappa shape index (κ1) is 7.25. The summed E-state index contributed by atoms with van der Waals surface area (Å²) in [6.07, 6.45) is 0.368. The molecule has 1 heterocycles. The van der Waals surface area contributed by atoms with Gasteiger partial charge in [0.05, 0.1) is 5.92 Å². The molecule has 1 aliphatic heterocycles. The fourth-order valence-electron chi connectivity index (χ4n) is 0.919. The molecule has 1 fully saturated rings. The zero-order valence-electron chi connectivity index (χ0n) is 6.09. The van der Waals surface area contributed by atoms with Crippen LogP contribution < -0.4 is 0 Å². The van der Waals surface area contributed by atoms with Crippen LogP contribution in [0.25, 0.3) is 0 Å². The lowest BCUT2D eigenvalue weighted by molar-refractivity contribution is -0.169. The molecule has 0 aliphatic carbocycles. The third-order valence-corrected chi connectivity index (χ3v) is 1.93. The smallest absolute Gasteiger partial charge is 0.316 e. The molecule has 1 aliphatic rings. The summed E-state index contributed by atoms with van der Waals surface area (Å²) in [4.78, 5) is 21.4. The molecule has 3 nitrogen and oxygen atoms in total. The van der Waals surface area contributed by atoms with Crippen molar-refractivity contribution in [3.63, 3.8) is 0 Å². The van der Waals surface area contributed by atoms with Crippen LogP contribution in [0.1, 0.15) is 20.3 Å². The minimum Gasteiger partial charge on any atom is -0.393 e. The Morgan fingerprint density at radius 1 is 1.40 bits per heavy atom. The van der Waals surface area contributed by atoms with Gasteiger partial charge in [0.25, 0.3) is 0 Å². The minimum atomic E-state index is -0.393. The van der Waals surface area contributed by atoms with Crippen LogP contribution in [-0.2, 0) is 14.3 Å². The summed E-state index contributed by atoms with van der Waals surface area (Å²) in [5, 5.41) is 0. The SMILES string of the molecule is C[C@@H]1C(=O)OC(=O)C[C@@H]1C. The van der Waals surface area contributed by atoms with Crippen molar-refractivity contribution in [2.24, 2.45) is 11.8 Å². The van der Waals surface area contributed by atoms with Crippen LogP contribution in [0.4, 0.5) is 0 Å². The minimum absolute atomic E-state index is 0.127. The van der Waals surface area contributed by atoms with Crippen LogP contribution in [0.15, 0.2) is 0 Å². The van der Waals surface area contributed by atoms with Crippen molar-refractivity contribution < 1.29 is 14.3 Å². The van der Waals surface area contributed by atoms with Gasteiger partial charge in [-0.3, -0.25) is 9.59 Å². The molecule has 0 amide bonds. The van der Waals surface area contributed by atoms with Crippen LogP contribution in [0.3, 0.4) is 0 Å². The van der Waals surface area contributed by atoms with Gasteiger partial charge in [-0.15, -0.1) is 0 Å². The number of carbonyl (C=O) groups excluding carboxylic acids is 2. The topological polar surface area (TPSA) is 43.4 Å². The average molecular weight is 142 g/mol. The van der Waals surface area contributed by atoms with Gasteiger partial charge in [-0.1, -0.05) is 13.8 Å². The fourth-order valence-corrected chi connectivity index (χ4v) is 0.919. The molecule has 10 heavy (non-hydrogen) atoms. The monoisotopic (exact) mass is 142 g/mol. The van der Waals surface area contributed by atoms with Crippen molar-refractivity contribution in [2.75, 3.05) is 0 Å². The van der Waals surface area contributed by atoms with Gasteiger partial charge in [0, 0.05) is 6.42 Å². The van der Waals surface area contributed by atoms with Crippen molar-refractivity contribution in [1.82, 2.24) is 0 Å². The van der Waals surface area contributed by atoms with Gasteiger partial charge in [-0.05, 0) is 5.92 Å². The zero-order valence-corrected chi connectivity index (χ0v) is 6.09. The molecule has 1 rings (SSSR count). The van der Waals surface area contributed by atoms with E-state index < -0.39 is 5.97 Å². The van der Waals surface area contributed by atoms with E-state index in [1.807, 2.05) is 6.92 Å². The lowest BCUT2D eigenvalue weighted by atomic mass is 9.91. The highest BCUT2D eigenvalue weighted by atomic mass is 16.6. The number of hydrogen-bond acceptors (Lipinski definition) is 3. The predicted octanol–water partition coefficient (Wildman–Crippen LogP) is 0.732. The molecular weight excluding hydrogens is 132 g/mol. The van der Waals surface area contributed by atoms with Crippen molar-refractivity contribution >= 4 is 11.9 Å². The second kappa shape index (κ2) is 2.40. The molecule has 0 spiro atoms. The summed E-state index contributed by atoms with van der Waals surface area (Å²) < 4.78 is 4.39. The lowest BCUT2D eigenvalue weighted by Crippen LogP contribution is -2.31. The number of esters is 2. The summed E-state index contributed by atoms with van der Waals surface area (Å²) in [6.45, 7) is 3.66. The Morgan fingerprint density at radius 3 is 2.50 bits per heavy atom. The molecule has 0 N–H and O–H groups in total. The van der Waals surface area contributed by atoms with Crippen molar-refractivity contribution in [3.8, 4) is 0 Å². The van der Waals surface area contributed by atoms with Crippen LogP contribution in [0.2, 0.25) is 0 Å². The summed E-state index contributed by atoms with van der Waals surface area (Å²) in [7, 11) is 0. The second-order valence-electron chi connectivity index (χ2n) is 2.76. The van der Waals surface area contributed by atoms with Crippen LogP contribution in [0, 0.1) is 11.8 Å². The third kappa shape index (κ3) is 1.17. The first-order valence-electron chi connectivity index (χ1n) is 3.36. The maximum Gasteiger partial charge on any atom is 0.316 e. The number of hydrogen-bond donors (Lipinski definition) is 0. The highest BCUT2D eigenvalue weighted by Gasteiger charge is 2.31. The van der Waals surface area contributed by atoms with E-state index in [1.165, 1.54) is 0 Å². The molecule has 0 aromatic heterocycles. The largest absolute Gasteiger partial charge is 0.393 e. The molecule has 0 bridgehead atoms. The van der Waals surface area contributed by atoms with E-state index in [-0.39, 0.29) is 17.8 Å². The molecule has 3 heteroatoms. The van der Waals surface area contributed by atoms with Gasteiger partial charge in [0.15, 0.2) is 0 Å². The fraction of sp³-hybridized carbons (Fsp3) is 0.714. The van der Waals surface area contributed by atoms with E-state index in [0.717, 1.165) is 0 Å². The quantitative estimate of drug-likeness (QED) is 0.370. The second-order valence-corrected chi connectivity index (χ2v) is 2.76. The zero-order chi connectivity index (χ0) is 7.72. The van der Waals surface area contributed by atoms with Gasteiger partial charge >= 0.3 is 11.9 Å². The van der Waals surface area contributed by atoms with E-state index in [0.29, 0.717) is 6.42 Å². The first-order valence-corrected chi connectivity index (χ1v) is 3.36. The van der Waals surface area contributed by atoms with Gasteiger partial charge in [-0.2, -0.15) is 0 Å². The standard InChI is InChI=1S/C7H10O3/c1-4-3-6(8)10-7(9)5(4)2/h4-5H,3H2,1-2H3/t4-,5-/m0/s1. The number of cyclic esters (lactones) is 2. The Morgan fingerprint density at radius 2 is 2.00 bits per heavy atom. The van der Waals surface area contributed by atoms with Gasteiger partial charge in [-0.25, -0.2) is 0 Å². The van der Waals surface area contributed by atoms with Crippen LogP contribution in [0.5, 0.6) is 0 Å². The van der Waals surface area contributed by atoms with Crippen LogP contribution in [-0.4, -0.2) is 11.9 Å². The van der Waals surface area contributed by atoms with E-state index in [1.54, 1.807) is 6.92 Å². The Bertz CT molecular complexity index is 174. The lowest BCUT2D eigenvalue weighted by Gasteiger charge is -2.21. The third-order valence-electron chi connectivity index (χ3n) is 1.93. The molecule has 0 saturated carbocycles. The van der Waals surface area contributed by atoms with Crippen LogP contribution >= 0.6 is 0 Å². The van der Waals surface area contributed by atoms with E-state index in [4.69, 9.17) is 0 Å². The van der Waals surface area contributed by atoms with Gasteiger partial charge in [0.1, 0.15) is 0 Å². The van der Waals surface area contributed by atoms with Crippen molar-refractivity contribution in [3.05, 3.63) is 0 Å². The molecule has 0 aromatic carbocycles. The highest BCUT2D eigenvalue weighted by Crippen LogP contribution is 2.21. The Balaban J connectivity index is 2.66. The molecular formula is C7H10O3. The molecule has 1 saturated heterocycles. The van der Waals surface area contributed by atoms with Crippen molar-refractivity contribution in [2.45, 2.75) is 20.3 Å². The summed E-state index contributed by atoms with van der Waals surface area (Å²) >= 11 is 0. The van der Waals surface area contributed by atoms with E-state index in [9.17, 15) is 9.59 Å². The summed E-state index contributed by atoms with van der Waals surface area (Å²) in [5.74, 6) is -0.772. The Kier molecular flexibility index (Phi) is 1.74. The molecule has 0 unspecified atom stereocenters. The van der Waals surface area contributed by atoms with E-state index >= 15 is 0 Å². The average Bonchev–Trinajstić information content (AvgIpc) is 1.82. The maximum atomic E-state index is 10.8. The summed E-state index contributed by atoms with van der Waals surface area (Å²) in [5.41, 5.74) is 0. The molecule has 0 radical (unpaired) electrons. The van der Waals surface area contributed by atoms with Gasteiger partial charge in [0.2, 0.25) is 0 Å². The Hall–Kier alpha value is -0.860. The number of rotatable bonds is 0. The Labute approximate surface area is 59.4 Å². The highest BCUT2D eigenvalue weighted by molar-refractivity contribution is 5.89. The van der Waals surface area contributed by atoms with Gasteiger partial charge < -0.3 is 4.74 Å². The van der Waals surface area contributed by atoms with E-state index in [2.05, 4.69) is 4.74 Å². The number of carbonyl (C=O) groups is 2. The molecule has 2 atom stereocenters. The maximum absolute atomic E-state index is 10.8. The predicted molar refractivity (Wildman–Crippen MR) is 34.0 cm³/mol. The van der Waals surface area contributed by atoms with Crippen molar-refractivity contribution in [1.29, 1.82) is 0 Å². The first-order chi connectivity index (χ1) is 4.61. The summed E-state index contributed by atoms with van der Waals surface area (Å²) in [6, 6.07) is 0. The number of ether oxygens (including phenoxy) is 1. The molecule has 56 valence electrons.